The van der Waals surface area contributed by atoms with Gasteiger partial charge in [-0.2, -0.15) is 0 Å². The number of allylic oxidation sites excluding steroid dienone is 3. The van der Waals surface area contributed by atoms with Crippen molar-refractivity contribution in [3.8, 4) is 0 Å². The minimum Gasteiger partial charge on any atom is -0.102 e. The highest BCUT2D eigenvalue weighted by atomic mass is 13.9. The second kappa shape index (κ2) is 11.3. The molecule has 0 N–H and O–H groups in total. The van der Waals surface area contributed by atoms with E-state index in [4.69, 9.17) is 0 Å². The lowest BCUT2D eigenvalue weighted by molar-refractivity contribution is 0.933. The molecule has 0 fully saturated rings. The van der Waals surface area contributed by atoms with Gasteiger partial charge in [0.1, 0.15) is 0 Å². The van der Waals surface area contributed by atoms with Crippen LogP contribution < -0.4 is 0 Å². The summed E-state index contributed by atoms with van der Waals surface area (Å²) in [7, 11) is 0. The molecule has 0 radical (unpaired) electrons. The van der Waals surface area contributed by atoms with E-state index in [1.165, 1.54) is 0 Å². The summed E-state index contributed by atoms with van der Waals surface area (Å²) in [5, 5.41) is 0. The first-order valence-electron chi connectivity index (χ1n) is 4.10. The predicted octanol–water partition coefficient (Wildman–Crippen LogP) is 3.80. The van der Waals surface area contributed by atoms with Gasteiger partial charge < -0.3 is 0 Å². The van der Waals surface area contributed by atoms with Crippen molar-refractivity contribution in [1.82, 2.24) is 0 Å². The fourth-order valence-electron chi connectivity index (χ4n) is 0.429. The molecular formula is C10H20. The maximum Gasteiger partial charge on any atom is -0.00846 e. The van der Waals surface area contributed by atoms with Crippen molar-refractivity contribution in [2.75, 3.05) is 0 Å². The lowest BCUT2D eigenvalue weighted by atomic mass is 10.1. The van der Waals surface area contributed by atoms with Crippen molar-refractivity contribution in [3.63, 3.8) is 0 Å². The molecule has 0 saturated carbocycles. The number of hydrogen-bond acceptors (Lipinski definition) is 0. The SMILES string of the molecule is C=CC(C)/C=C\CC.CC. The molecule has 0 saturated heterocycles. The molecule has 0 bridgehead atoms. The topological polar surface area (TPSA) is 0 Å². The maximum absolute atomic E-state index is 3.66. The van der Waals surface area contributed by atoms with Gasteiger partial charge in [-0.3, -0.25) is 0 Å². The third kappa shape index (κ3) is 10.5. The molecule has 0 heteroatoms. The molecule has 0 amide bonds. The van der Waals surface area contributed by atoms with E-state index in [-0.39, 0.29) is 0 Å². The Kier molecular flexibility index (Phi) is 13.8. The zero-order chi connectivity index (χ0) is 8.41. The highest BCUT2D eigenvalue weighted by Crippen LogP contribution is 1.97. The summed E-state index contributed by atoms with van der Waals surface area (Å²) >= 11 is 0. The van der Waals surface area contributed by atoms with E-state index in [9.17, 15) is 0 Å². The Balaban J connectivity index is 0. The average molecular weight is 140 g/mol. The first kappa shape index (κ1) is 12.2. The van der Waals surface area contributed by atoms with Crippen LogP contribution in [0.3, 0.4) is 0 Å². The second-order valence-electron chi connectivity index (χ2n) is 1.93. The molecule has 0 aliphatic rings. The molecule has 0 aromatic rings. The monoisotopic (exact) mass is 140 g/mol. The standard InChI is InChI=1S/C8H14.C2H6/c1-4-6-7-8(3)5-2;1-2/h5-8H,2,4H2,1,3H3;1-2H3/b7-6-;. The van der Waals surface area contributed by atoms with Gasteiger partial charge in [-0.1, -0.05) is 45.9 Å². The average Bonchev–Trinajstić information content (AvgIpc) is 2.04. The Labute approximate surface area is 65.7 Å². The van der Waals surface area contributed by atoms with Crippen molar-refractivity contribution in [1.29, 1.82) is 0 Å². The minimum atomic E-state index is 0.537. The van der Waals surface area contributed by atoms with Crippen molar-refractivity contribution >= 4 is 0 Å². The molecule has 0 aliphatic carbocycles. The summed E-state index contributed by atoms with van der Waals surface area (Å²) in [6.45, 7) is 11.9. The summed E-state index contributed by atoms with van der Waals surface area (Å²) in [6.07, 6.45) is 7.38. The van der Waals surface area contributed by atoms with Gasteiger partial charge in [0.2, 0.25) is 0 Å². The van der Waals surface area contributed by atoms with Crippen LogP contribution in [0.25, 0.3) is 0 Å². The van der Waals surface area contributed by atoms with Crippen LogP contribution in [0.2, 0.25) is 0 Å². The van der Waals surface area contributed by atoms with Gasteiger partial charge in [0.15, 0.2) is 0 Å². The van der Waals surface area contributed by atoms with Gasteiger partial charge in [0.25, 0.3) is 0 Å². The molecule has 0 rings (SSSR count). The zero-order valence-corrected chi connectivity index (χ0v) is 7.72. The molecule has 0 nitrogen and oxygen atoms in total. The Bertz CT molecular complexity index is 80.0. The van der Waals surface area contributed by atoms with E-state index in [2.05, 4.69) is 32.6 Å². The van der Waals surface area contributed by atoms with E-state index in [1.807, 2.05) is 19.9 Å². The summed E-state index contributed by atoms with van der Waals surface area (Å²) in [5.74, 6) is 0.537. The summed E-state index contributed by atoms with van der Waals surface area (Å²) < 4.78 is 0. The van der Waals surface area contributed by atoms with Crippen LogP contribution in [0, 0.1) is 5.92 Å². The van der Waals surface area contributed by atoms with Crippen LogP contribution in [0.4, 0.5) is 0 Å². The smallest absolute Gasteiger partial charge is 0.00846 e. The van der Waals surface area contributed by atoms with Crippen molar-refractivity contribution in [2.24, 2.45) is 5.92 Å². The van der Waals surface area contributed by atoms with Crippen molar-refractivity contribution in [2.45, 2.75) is 34.1 Å². The zero-order valence-electron chi connectivity index (χ0n) is 7.72. The van der Waals surface area contributed by atoms with Gasteiger partial charge in [0.05, 0.1) is 0 Å². The van der Waals surface area contributed by atoms with E-state index in [1.54, 1.807) is 0 Å². The predicted molar refractivity (Wildman–Crippen MR) is 50.1 cm³/mol. The Morgan fingerprint density at radius 1 is 1.40 bits per heavy atom. The second-order valence-corrected chi connectivity index (χ2v) is 1.93. The van der Waals surface area contributed by atoms with Gasteiger partial charge in [-0.25, -0.2) is 0 Å². The lowest BCUT2D eigenvalue weighted by Crippen LogP contribution is -1.78. The maximum atomic E-state index is 3.66. The first-order valence-corrected chi connectivity index (χ1v) is 4.10. The molecule has 0 aromatic carbocycles. The Morgan fingerprint density at radius 2 is 1.90 bits per heavy atom. The summed E-state index contributed by atoms with van der Waals surface area (Å²) in [4.78, 5) is 0. The quantitative estimate of drug-likeness (QED) is 0.523. The third-order valence-electron chi connectivity index (χ3n) is 1.05. The number of hydrogen-bond donors (Lipinski definition) is 0. The minimum absolute atomic E-state index is 0.537. The van der Waals surface area contributed by atoms with E-state index < -0.39 is 0 Å². The number of rotatable bonds is 3. The van der Waals surface area contributed by atoms with Gasteiger partial charge in [-0.05, 0) is 12.3 Å². The van der Waals surface area contributed by atoms with Crippen molar-refractivity contribution in [3.05, 3.63) is 24.8 Å². The highest BCUT2D eigenvalue weighted by Gasteiger charge is 1.82. The largest absolute Gasteiger partial charge is 0.102 e. The molecule has 10 heavy (non-hydrogen) atoms. The lowest BCUT2D eigenvalue weighted by Gasteiger charge is -1.92. The molecular weight excluding hydrogens is 120 g/mol. The van der Waals surface area contributed by atoms with E-state index >= 15 is 0 Å². The van der Waals surface area contributed by atoms with Crippen LogP contribution in [-0.4, -0.2) is 0 Å². The van der Waals surface area contributed by atoms with Gasteiger partial charge in [0, 0.05) is 0 Å². The van der Waals surface area contributed by atoms with Crippen LogP contribution in [0.1, 0.15) is 34.1 Å². The first-order chi connectivity index (χ1) is 4.81. The van der Waals surface area contributed by atoms with Crippen molar-refractivity contribution < 1.29 is 0 Å². The molecule has 1 unspecified atom stereocenters. The molecule has 0 spiro atoms. The Morgan fingerprint density at radius 3 is 2.20 bits per heavy atom. The highest BCUT2D eigenvalue weighted by molar-refractivity contribution is 4.93. The third-order valence-corrected chi connectivity index (χ3v) is 1.05. The normalized spacial score (nSPS) is 12.0. The Hall–Kier alpha value is -0.520. The van der Waals surface area contributed by atoms with Crippen LogP contribution in [0.15, 0.2) is 24.8 Å². The fourth-order valence-corrected chi connectivity index (χ4v) is 0.429. The van der Waals surface area contributed by atoms with Crippen LogP contribution in [-0.2, 0) is 0 Å². The van der Waals surface area contributed by atoms with Crippen LogP contribution in [0.5, 0.6) is 0 Å². The van der Waals surface area contributed by atoms with E-state index in [0.717, 1.165) is 6.42 Å². The molecule has 0 aliphatic heterocycles. The molecule has 0 heterocycles. The summed E-state index contributed by atoms with van der Waals surface area (Å²) in [6, 6.07) is 0. The van der Waals surface area contributed by atoms with Crippen LogP contribution >= 0.6 is 0 Å². The molecule has 0 aromatic heterocycles. The van der Waals surface area contributed by atoms with Gasteiger partial charge in [-0.15, -0.1) is 6.58 Å². The van der Waals surface area contributed by atoms with Gasteiger partial charge >= 0.3 is 0 Å². The fraction of sp³-hybridized carbons (Fsp3) is 0.600. The molecule has 60 valence electrons. The van der Waals surface area contributed by atoms with E-state index in [0.29, 0.717) is 5.92 Å². The summed E-state index contributed by atoms with van der Waals surface area (Å²) in [5.41, 5.74) is 0. The molecule has 1 atom stereocenters.